The third-order valence-electron chi connectivity index (χ3n) is 4.25. The molecule has 0 unspecified atom stereocenters. The van der Waals surface area contributed by atoms with Crippen LogP contribution in [0.25, 0.3) is 0 Å². The number of benzene rings is 1. The molecule has 3 N–H and O–H groups in total. The SMILES string of the molecule is CN1CCC(C)(CNC(=O)Cc2ccc(N)cc2)CC1. The molecule has 2 rings (SSSR count). The zero-order valence-electron chi connectivity index (χ0n) is 12.5. The van der Waals surface area contributed by atoms with E-state index in [0.717, 1.165) is 43.7 Å². The fraction of sp³-hybridized carbons (Fsp3) is 0.562. The normalized spacial score (nSPS) is 18.7. The summed E-state index contributed by atoms with van der Waals surface area (Å²) in [5.74, 6) is 0.0925. The van der Waals surface area contributed by atoms with Crippen molar-refractivity contribution in [3.63, 3.8) is 0 Å². The number of hydrogen-bond donors (Lipinski definition) is 2. The first-order valence-corrected chi connectivity index (χ1v) is 7.27. The topological polar surface area (TPSA) is 58.4 Å². The third kappa shape index (κ3) is 4.23. The molecule has 4 heteroatoms. The first-order valence-electron chi connectivity index (χ1n) is 7.27. The van der Waals surface area contributed by atoms with E-state index in [1.165, 1.54) is 0 Å². The van der Waals surface area contributed by atoms with Gasteiger partial charge >= 0.3 is 0 Å². The monoisotopic (exact) mass is 275 g/mol. The van der Waals surface area contributed by atoms with Crippen LogP contribution in [-0.4, -0.2) is 37.5 Å². The summed E-state index contributed by atoms with van der Waals surface area (Å²) in [5, 5.41) is 3.08. The number of rotatable bonds is 4. The number of nitrogens with zero attached hydrogens (tertiary/aromatic N) is 1. The molecule has 0 bridgehead atoms. The summed E-state index contributed by atoms with van der Waals surface area (Å²) in [4.78, 5) is 14.3. The second-order valence-corrected chi connectivity index (χ2v) is 6.31. The zero-order valence-corrected chi connectivity index (χ0v) is 12.5. The van der Waals surface area contributed by atoms with Crippen molar-refractivity contribution in [2.45, 2.75) is 26.2 Å². The average Bonchev–Trinajstić information content (AvgIpc) is 2.43. The summed E-state index contributed by atoms with van der Waals surface area (Å²) in [5.41, 5.74) is 7.61. The van der Waals surface area contributed by atoms with E-state index in [2.05, 4.69) is 24.2 Å². The molecule has 1 aromatic carbocycles. The highest BCUT2D eigenvalue weighted by Gasteiger charge is 2.28. The lowest BCUT2D eigenvalue weighted by atomic mass is 9.80. The minimum Gasteiger partial charge on any atom is -0.399 e. The van der Waals surface area contributed by atoms with E-state index in [-0.39, 0.29) is 11.3 Å². The minimum atomic E-state index is 0.0925. The molecule has 1 aliphatic rings. The van der Waals surface area contributed by atoms with Crippen molar-refractivity contribution in [2.24, 2.45) is 5.41 Å². The van der Waals surface area contributed by atoms with Crippen molar-refractivity contribution in [3.8, 4) is 0 Å². The molecule has 1 heterocycles. The Balaban J connectivity index is 1.79. The Hall–Kier alpha value is -1.55. The lowest BCUT2D eigenvalue weighted by molar-refractivity contribution is -0.121. The van der Waals surface area contributed by atoms with E-state index < -0.39 is 0 Å². The molecular formula is C16H25N3O. The molecular weight excluding hydrogens is 250 g/mol. The predicted octanol–water partition coefficient (Wildman–Crippen LogP) is 1.66. The Bertz CT molecular complexity index is 447. The van der Waals surface area contributed by atoms with Crippen LogP contribution in [0.2, 0.25) is 0 Å². The number of hydrogen-bond acceptors (Lipinski definition) is 3. The van der Waals surface area contributed by atoms with Crippen molar-refractivity contribution in [1.82, 2.24) is 10.2 Å². The van der Waals surface area contributed by atoms with Gasteiger partial charge in [-0.05, 0) is 56.1 Å². The Morgan fingerprint density at radius 2 is 1.90 bits per heavy atom. The number of nitrogen functional groups attached to an aromatic ring is 1. The Morgan fingerprint density at radius 1 is 1.30 bits per heavy atom. The number of likely N-dealkylation sites (tertiary alicyclic amines) is 1. The molecule has 1 amide bonds. The largest absolute Gasteiger partial charge is 0.399 e. The molecule has 110 valence electrons. The summed E-state index contributed by atoms with van der Waals surface area (Å²) in [6, 6.07) is 7.49. The molecule has 1 aliphatic heterocycles. The Kier molecular flexibility index (Phi) is 4.65. The van der Waals surface area contributed by atoms with Crippen molar-refractivity contribution in [3.05, 3.63) is 29.8 Å². The van der Waals surface area contributed by atoms with Crippen LogP contribution in [0.15, 0.2) is 24.3 Å². The van der Waals surface area contributed by atoms with E-state index in [4.69, 9.17) is 5.73 Å². The number of anilines is 1. The highest BCUT2D eigenvalue weighted by molar-refractivity contribution is 5.78. The van der Waals surface area contributed by atoms with Gasteiger partial charge in [0, 0.05) is 12.2 Å². The van der Waals surface area contributed by atoms with Crippen molar-refractivity contribution < 1.29 is 4.79 Å². The number of nitrogens with one attached hydrogen (secondary N) is 1. The molecule has 20 heavy (non-hydrogen) atoms. The van der Waals surface area contributed by atoms with E-state index >= 15 is 0 Å². The summed E-state index contributed by atoms with van der Waals surface area (Å²) < 4.78 is 0. The molecule has 0 radical (unpaired) electrons. The van der Waals surface area contributed by atoms with Gasteiger partial charge in [0.15, 0.2) is 0 Å². The number of nitrogens with two attached hydrogens (primary N) is 1. The van der Waals surface area contributed by atoms with Crippen molar-refractivity contribution in [2.75, 3.05) is 32.4 Å². The van der Waals surface area contributed by atoms with Crippen molar-refractivity contribution in [1.29, 1.82) is 0 Å². The van der Waals surface area contributed by atoms with E-state index in [1.54, 1.807) is 0 Å². The van der Waals surface area contributed by atoms with Crippen LogP contribution in [0.3, 0.4) is 0 Å². The molecule has 0 aromatic heterocycles. The maximum absolute atomic E-state index is 12.0. The van der Waals surface area contributed by atoms with Gasteiger partial charge in [-0.3, -0.25) is 4.79 Å². The smallest absolute Gasteiger partial charge is 0.224 e. The molecule has 1 aromatic rings. The highest BCUT2D eigenvalue weighted by Crippen LogP contribution is 2.29. The molecule has 0 spiro atoms. The van der Waals surface area contributed by atoms with Gasteiger partial charge in [-0.25, -0.2) is 0 Å². The number of carbonyl (C=O) groups is 1. The van der Waals surface area contributed by atoms with Crippen LogP contribution in [0.4, 0.5) is 5.69 Å². The first kappa shape index (κ1) is 14.9. The van der Waals surface area contributed by atoms with Crippen LogP contribution >= 0.6 is 0 Å². The minimum absolute atomic E-state index is 0.0925. The molecule has 1 fully saturated rings. The van der Waals surface area contributed by atoms with Gasteiger partial charge in [0.1, 0.15) is 0 Å². The maximum Gasteiger partial charge on any atom is 0.224 e. The van der Waals surface area contributed by atoms with Crippen LogP contribution in [0, 0.1) is 5.41 Å². The van der Waals surface area contributed by atoms with Gasteiger partial charge in [-0.2, -0.15) is 0 Å². The number of piperidine rings is 1. The number of carbonyl (C=O) groups excluding carboxylic acids is 1. The quantitative estimate of drug-likeness (QED) is 0.822. The molecule has 1 saturated heterocycles. The number of amides is 1. The van der Waals surface area contributed by atoms with Gasteiger partial charge in [-0.1, -0.05) is 19.1 Å². The van der Waals surface area contributed by atoms with Crippen LogP contribution in [0.5, 0.6) is 0 Å². The second-order valence-electron chi connectivity index (χ2n) is 6.31. The van der Waals surface area contributed by atoms with E-state index in [0.29, 0.717) is 6.42 Å². The average molecular weight is 275 g/mol. The summed E-state index contributed by atoms with van der Waals surface area (Å²) in [6.45, 7) is 5.27. The third-order valence-corrected chi connectivity index (χ3v) is 4.25. The Labute approximate surface area is 121 Å². The molecule has 0 saturated carbocycles. The zero-order chi connectivity index (χ0) is 14.6. The van der Waals surface area contributed by atoms with Gasteiger partial charge in [0.25, 0.3) is 0 Å². The standard InChI is InChI=1S/C16H25N3O/c1-16(7-9-19(2)10-8-16)12-18-15(20)11-13-3-5-14(17)6-4-13/h3-6H,7-12,17H2,1-2H3,(H,18,20). The lowest BCUT2D eigenvalue weighted by Gasteiger charge is -2.37. The fourth-order valence-electron chi connectivity index (χ4n) is 2.53. The maximum atomic E-state index is 12.0. The first-order chi connectivity index (χ1) is 9.47. The van der Waals surface area contributed by atoms with Gasteiger partial charge in [0.2, 0.25) is 5.91 Å². The van der Waals surface area contributed by atoms with Crippen LogP contribution in [0.1, 0.15) is 25.3 Å². The highest BCUT2D eigenvalue weighted by atomic mass is 16.1. The van der Waals surface area contributed by atoms with Gasteiger partial charge < -0.3 is 16.0 Å². The molecule has 0 atom stereocenters. The van der Waals surface area contributed by atoms with Gasteiger partial charge in [-0.15, -0.1) is 0 Å². The summed E-state index contributed by atoms with van der Waals surface area (Å²) >= 11 is 0. The van der Waals surface area contributed by atoms with E-state index in [1.807, 2.05) is 24.3 Å². The molecule has 4 nitrogen and oxygen atoms in total. The van der Waals surface area contributed by atoms with E-state index in [9.17, 15) is 4.79 Å². The Morgan fingerprint density at radius 3 is 2.50 bits per heavy atom. The fourth-order valence-corrected chi connectivity index (χ4v) is 2.53. The lowest BCUT2D eigenvalue weighted by Crippen LogP contribution is -2.43. The summed E-state index contributed by atoms with van der Waals surface area (Å²) in [7, 11) is 2.15. The van der Waals surface area contributed by atoms with Crippen molar-refractivity contribution >= 4 is 11.6 Å². The predicted molar refractivity (Wildman–Crippen MR) is 82.4 cm³/mol. The van der Waals surface area contributed by atoms with Gasteiger partial charge in [0.05, 0.1) is 6.42 Å². The molecule has 0 aliphatic carbocycles. The summed E-state index contributed by atoms with van der Waals surface area (Å²) in [6.07, 6.45) is 2.72. The second kappa shape index (κ2) is 6.27. The van der Waals surface area contributed by atoms with Crippen LogP contribution in [-0.2, 0) is 11.2 Å². The van der Waals surface area contributed by atoms with Crippen LogP contribution < -0.4 is 11.1 Å².